The minimum absolute atomic E-state index is 0.0440. The number of nitrogen functional groups attached to an aromatic ring is 1. The summed E-state index contributed by atoms with van der Waals surface area (Å²) in [6, 6.07) is 15.2. The van der Waals surface area contributed by atoms with Crippen LogP contribution in [-0.2, 0) is 0 Å². The van der Waals surface area contributed by atoms with Gasteiger partial charge in [-0.3, -0.25) is 10.1 Å². The van der Waals surface area contributed by atoms with Gasteiger partial charge in [-0.15, -0.1) is 0 Å². The fourth-order valence-corrected chi connectivity index (χ4v) is 2.52. The Morgan fingerprint density at radius 3 is 2.44 bits per heavy atom. The van der Waals surface area contributed by atoms with Crippen LogP contribution in [0.5, 0.6) is 0 Å². The normalized spacial score (nSPS) is 10.2. The van der Waals surface area contributed by atoms with Crippen molar-refractivity contribution in [3.05, 3.63) is 76.1 Å². The molecule has 25 heavy (non-hydrogen) atoms. The SMILES string of the molecule is N#Cc1c(-c2ccccc2[N+](=O)[O-])cc(-c2ccc(F)cc2)nc1N. The molecule has 0 amide bonds. The molecule has 122 valence electrons. The molecule has 0 unspecified atom stereocenters. The first-order valence-electron chi connectivity index (χ1n) is 7.21. The van der Waals surface area contributed by atoms with E-state index in [1.165, 1.54) is 30.3 Å². The fourth-order valence-electron chi connectivity index (χ4n) is 2.52. The monoisotopic (exact) mass is 334 g/mol. The number of benzene rings is 2. The maximum absolute atomic E-state index is 13.1. The van der Waals surface area contributed by atoms with Crippen LogP contribution in [0.3, 0.4) is 0 Å². The lowest BCUT2D eigenvalue weighted by Gasteiger charge is -2.10. The number of para-hydroxylation sites is 1. The van der Waals surface area contributed by atoms with Gasteiger partial charge in [-0.1, -0.05) is 12.1 Å². The highest BCUT2D eigenvalue weighted by Crippen LogP contribution is 2.36. The van der Waals surface area contributed by atoms with Gasteiger partial charge in [0, 0.05) is 17.2 Å². The van der Waals surface area contributed by atoms with Crippen molar-refractivity contribution in [2.24, 2.45) is 0 Å². The number of halogens is 1. The van der Waals surface area contributed by atoms with Crippen molar-refractivity contribution < 1.29 is 9.31 Å². The highest BCUT2D eigenvalue weighted by atomic mass is 19.1. The van der Waals surface area contributed by atoms with Gasteiger partial charge in [0.1, 0.15) is 23.3 Å². The van der Waals surface area contributed by atoms with Crippen LogP contribution in [0, 0.1) is 27.3 Å². The number of hydrogen-bond donors (Lipinski definition) is 1. The first kappa shape index (κ1) is 16.1. The second kappa shape index (κ2) is 6.37. The summed E-state index contributed by atoms with van der Waals surface area (Å²) in [5.41, 5.74) is 7.34. The second-order valence-corrected chi connectivity index (χ2v) is 5.21. The van der Waals surface area contributed by atoms with Gasteiger partial charge in [0.2, 0.25) is 0 Å². The van der Waals surface area contributed by atoms with Crippen molar-refractivity contribution in [2.45, 2.75) is 0 Å². The van der Waals surface area contributed by atoms with E-state index in [0.29, 0.717) is 16.8 Å². The summed E-state index contributed by atoms with van der Waals surface area (Å²) in [7, 11) is 0. The van der Waals surface area contributed by atoms with Crippen LogP contribution in [0.15, 0.2) is 54.6 Å². The summed E-state index contributed by atoms with van der Waals surface area (Å²) in [6.07, 6.45) is 0. The third-order valence-corrected chi connectivity index (χ3v) is 3.69. The third-order valence-electron chi connectivity index (χ3n) is 3.69. The van der Waals surface area contributed by atoms with Gasteiger partial charge in [0.25, 0.3) is 5.69 Å². The molecule has 3 rings (SSSR count). The minimum atomic E-state index is -0.523. The molecule has 0 saturated heterocycles. The van der Waals surface area contributed by atoms with E-state index < -0.39 is 10.7 Å². The van der Waals surface area contributed by atoms with Gasteiger partial charge in [-0.05, 0) is 36.4 Å². The van der Waals surface area contributed by atoms with Crippen LogP contribution in [0.4, 0.5) is 15.9 Å². The number of nitrogens with two attached hydrogens (primary N) is 1. The first-order valence-corrected chi connectivity index (χ1v) is 7.21. The van der Waals surface area contributed by atoms with E-state index in [-0.39, 0.29) is 22.6 Å². The molecule has 0 aliphatic carbocycles. The second-order valence-electron chi connectivity index (χ2n) is 5.21. The van der Waals surface area contributed by atoms with E-state index in [1.54, 1.807) is 24.3 Å². The molecule has 3 aromatic rings. The smallest absolute Gasteiger partial charge is 0.277 e. The Labute approximate surface area is 142 Å². The van der Waals surface area contributed by atoms with Gasteiger partial charge in [0.15, 0.2) is 0 Å². The van der Waals surface area contributed by atoms with Crippen LogP contribution in [0.2, 0.25) is 0 Å². The predicted octanol–water partition coefficient (Wildman–Crippen LogP) is 3.92. The van der Waals surface area contributed by atoms with Crippen LogP contribution in [0.1, 0.15) is 5.56 Å². The molecule has 0 saturated carbocycles. The van der Waals surface area contributed by atoms with E-state index in [0.717, 1.165) is 0 Å². The fraction of sp³-hybridized carbons (Fsp3) is 0. The van der Waals surface area contributed by atoms with E-state index in [9.17, 15) is 19.8 Å². The quantitative estimate of drug-likeness (QED) is 0.577. The largest absolute Gasteiger partial charge is 0.383 e. The summed E-state index contributed by atoms with van der Waals surface area (Å²) < 4.78 is 13.1. The molecule has 0 aliphatic heterocycles. The summed E-state index contributed by atoms with van der Waals surface area (Å²) in [5.74, 6) is -0.443. The van der Waals surface area contributed by atoms with Crippen molar-refractivity contribution in [1.82, 2.24) is 4.98 Å². The zero-order valence-corrected chi connectivity index (χ0v) is 12.8. The number of rotatable bonds is 3. The van der Waals surface area contributed by atoms with E-state index in [4.69, 9.17) is 5.73 Å². The van der Waals surface area contributed by atoms with Gasteiger partial charge < -0.3 is 5.73 Å². The number of nitriles is 1. The highest BCUT2D eigenvalue weighted by Gasteiger charge is 2.20. The van der Waals surface area contributed by atoms with Crippen molar-refractivity contribution >= 4 is 11.5 Å². The molecule has 2 N–H and O–H groups in total. The molecule has 0 aliphatic rings. The molecular formula is C18H11FN4O2. The first-order chi connectivity index (χ1) is 12.0. The van der Waals surface area contributed by atoms with Crippen molar-refractivity contribution in [3.63, 3.8) is 0 Å². The molecule has 2 aromatic carbocycles. The average molecular weight is 334 g/mol. The van der Waals surface area contributed by atoms with Crippen LogP contribution in [0.25, 0.3) is 22.4 Å². The number of hydrogen-bond acceptors (Lipinski definition) is 5. The molecule has 6 nitrogen and oxygen atoms in total. The van der Waals surface area contributed by atoms with Crippen molar-refractivity contribution in [2.75, 3.05) is 5.73 Å². The standard InChI is InChI=1S/C18H11FN4O2/c19-12-7-5-11(6-8-12)16-9-14(15(10-20)18(21)22-16)13-3-1-2-4-17(13)23(24)25/h1-9H,(H2,21,22). The Morgan fingerprint density at radius 2 is 1.80 bits per heavy atom. The Hall–Kier alpha value is -3.79. The lowest BCUT2D eigenvalue weighted by molar-refractivity contribution is -0.384. The number of anilines is 1. The Balaban J connectivity index is 2.28. The highest BCUT2D eigenvalue weighted by molar-refractivity contribution is 5.84. The molecule has 1 heterocycles. The van der Waals surface area contributed by atoms with Gasteiger partial charge in [0.05, 0.1) is 16.2 Å². The van der Waals surface area contributed by atoms with Crippen molar-refractivity contribution in [3.8, 4) is 28.5 Å². The number of pyridine rings is 1. The maximum atomic E-state index is 13.1. The van der Waals surface area contributed by atoms with Crippen LogP contribution in [-0.4, -0.2) is 9.91 Å². The van der Waals surface area contributed by atoms with E-state index >= 15 is 0 Å². The Bertz CT molecular complexity index is 1010. The lowest BCUT2D eigenvalue weighted by Crippen LogP contribution is -2.01. The van der Waals surface area contributed by atoms with Gasteiger partial charge >= 0.3 is 0 Å². The molecule has 0 fully saturated rings. The van der Waals surface area contributed by atoms with Gasteiger partial charge in [-0.25, -0.2) is 9.37 Å². The number of aromatic nitrogens is 1. The molecule has 7 heteroatoms. The maximum Gasteiger partial charge on any atom is 0.277 e. The molecule has 0 atom stereocenters. The third kappa shape index (κ3) is 3.01. The predicted molar refractivity (Wildman–Crippen MR) is 90.8 cm³/mol. The zero-order chi connectivity index (χ0) is 18.0. The molecule has 1 aromatic heterocycles. The number of nitro groups is 1. The summed E-state index contributed by atoms with van der Waals surface area (Å²) in [6.45, 7) is 0. The molecule has 0 bridgehead atoms. The van der Waals surface area contributed by atoms with Crippen molar-refractivity contribution in [1.29, 1.82) is 5.26 Å². The minimum Gasteiger partial charge on any atom is -0.383 e. The summed E-state index contributed by atoms with van der Waals surface area (Å²) >= 11 is 0. The van der Waals surface area contributed by atoms with Crippen LogP contribution >= 0.6 is 0 Å². The molecular weight excluding hydrogens is 323 g/mol. The summed E-state index contributed by atoms with van der Waals surface area (Å²) in [4.78, 5) is 15.0. The van der Waals surface area contributed by atoms with E-state index in [1.807, 2.05) is 6.07 Å². The Kier molecular flexibility index (Phi) is 4.10. The van der Waals surface area contributed by atoms with Gasteiger partial charge in [-0.2, -0.15) is 5.26 Å². The zero-order valence-electron chi connectivity index (χ0n) is 12.8. The van der Waals surface area contributed by atoms with E-state index in [2.05, 4.69) is 4.98 Å². The number of nitro benzene ring substituents is 1. The Morgan fingerprint density at radius 1 is 1.12 bits per heavy atom. The topological polar surface area (TPSA) is 106 Å². The summed E-state index contributed by atoms with van der Waals surface area (Å²) in [5, 5.41) is 20.7. The number of nitrogens with zero attached hydrogens (tertiary/aromatic N) is 3. The average Bonchev–Trinajstić information content (AvgIpc) is 2.61. The van der Waals surface area contributed by atoms with Crippen LogP contribution < -0.4 is 5.73 Å². The molecule has 0 radical (unpaired) electrons. The molecule has 0 spiro atoms. The lowest BCUT2D eigenvalue weighted by atomic mass is 9.97.